The van der Waals surface area contributed by atoms with Crippen LogP contribution in [0.4, 0.5) is 0 Å². The number of hydrogen-bond donors (Lipinski definition) is 1. The first-order valence-corrected chi connectivity index (χ1v) is 6.37. The van der Waals surface area contributed by atoms with E-state index in [2.05, 4.69) is 4.90 Å². The second kappa shape index (κ2) is 5.13. The van der Waals surface area contributed by atoms with Gasteiger partial charge in [-0.3, -0.25) is 4.90 Å². The van der Waals surface area contributed by atoms with Crippen LogP contribution in [0.5, 0.6) is 0 Å². The average molecular weight is 196 g/mol. The molecule has 2 heteroatoms. The van der Waals surface area contributed by atoms with Crippen molar-refractivity contribution in [1.82, 2.24) is 4.90 Å². The Morgan fingerprint density at radius 1 is 1.00 bits per heavy atom. The van der Waals surface area contributed by atoms with Crippen LogP contribution >= 0.6 is 0 Å². The van der Waals surface area contributed by atoms with E-state index in [9.17, 15) is 0 Å². The van der Waals surface area contributed by atoms with Gasteiger partial charge in [0.1, 0.15) is 0 Å². The van der Waals surface area contributed by atoms with Gasteiger partial charge in [-0.05, 0) is 45.2 Å². The van der Waals surface area contributed by atoms with Crippen molar-refractivity contribution >= 4 is 0 Å². The molecule has 2 aliphatic rings. The Bertz CT molecular complexity index is 162. The van der Waals surface area contributed by atoms with Crippen molar-refractivity contribution in [3.63, 3.8) is 0 Å². The van der Waals surface area contributed by atoms with E-state index in [4.69, 9.17) is 5.73 Å². The minimum absolute atomic E-state index is 0.817. The highest BCUT2D eigenvalue weighted by Crippen LogP contribution is 2.30. The summed E-state index contributed by atoms with van der Waals surface area (Å²) >= 11 is 0. The van der Waals surface area contributed by atoms with Gasteiger partial charge in [0.2, 0.25) is 0 Å². The highest BCUT2D eigenvalue weighted by molar-refractivity contribution is 4.85. The van der Waals surface area contributed by atoms with Crippen molar-refractivity contribution in [2.24, 2.45) is 5.73 Å². The lowest BCUT2D eigenvalue weighted by Gasteiger charge is -2.40. The van der Waals surface area contributed by atoms with Crippen LogP contribution in [0.2, 0.25) is 0 Å². The van der Waals surface area contributed by atoms with Crippen molar-refractivity contribution in [1.29, 1.82) is 0 Å². The largest absolute Gasteiger partial charge is 0.330 e. The molecule has 0 aromatic rings. The van der Waals surface area contributed by atoms with Crippen molar-refractivity contribution < 1.29 is 0 Å². The number of piperidine rings is 1. The standard InChI is InChI=1S/C12H24N2/c13-9-8-12-7-3-4-10-14(12)11-5-1-2-6-11/h11-12H,1-10,13H2/t12-/m1/s1. The molecule has 0 spiro atoms. The molecule has 0 radical (unpaired) electrons. The van der Waals surface area contributed by atoms with E-state index >= 15 is 0 Å². The Morgan fingerprint density at radius 3 is 2.43 bits per heavy atom. The van der Waals surface area contributed by atoms with Crippen LogP contribution in [0.1, 0.15) is 51.4 Å². The number of nitrogens with two attached hydrogens (primary N) is 1. The first kappa shape index (κ1) is 10.4. The average Bonchev–Trinajstić information content (AvgIpc) is 2.72. The maximum Gasteiger partial charge on any atom is 0.0110 e. The summed E-state index contributed by atoms with van der Waals surface area (Å²) in [5.74, 6) is 0. The lowest BCUT2D eigenvalue weighted by atomic mass is 9.96. The van der Waals surface area contributed by atoms with Gasteiger partial charge in [-0.25, -0.2) is 0 Å². The van der Waals surface area contributed by atoms with Gasteiger partial charge in [-0.2, -0.15) is 0 Å². The summed E-state index contributed by atoms with van der Waals surface area (Å²) in [6, 6.07) is 1.73. The van der Waals surface area contributed by atoms with E-state index in [1.54, 1.807) is 0 Å². The molecule has 1 aliphatic heterocycles. The van der Waals surface area contributed by atoms with Gasteiger partial charge in [0, 0.05) is 12.1 Å². The fourth-order valence-electron chi connectivity index (χ4n) is 3.24. The van der Waals surface area contributed by atoms with E-state index in [-0.39, 0.29) is 0 Å². The lowest BCUT2D eigenvalue weighted by molar-refractivity contribution is 0.0927. The minimum Gasteiger partial charge on any atom is -0.330 e. The van der Waals surface area contributed by atoms with Crippen LogP contribution in [-0.4, -0.2) is 30.1 Å². The Kier molecular flexibility index (Phi) is 3.82. The van der Waals surface area contributed by atoms with Crippen LogP contribution in [0.25, 0.3) is 0 Å². The summed E-state index contributed by atoms with van der Waals surface area (Å²) < 4.78 is 0. The normalized spacial score (nSPS) is 31.1. The zero-order chi connectivity index (χ0) is 9.80. The molecular weight excluding hydrogens is 172 g/mol. The molecule has 0 aromatic carbocycles. The summed E-state index contributed by atoms with van der Waals surface area (Å²) in [5.41, 5.74) is 5.69. The first-order valence-electron chi connectivity index (χ1n) is 6.37. The molecule has 0 bridgehead atoms. The van der Waals surface area contributed by atoms with Crippen LogP contribution < -0.4 is 5.73 Å². The second-order valence-corrected chi connectivity index (χ2v) is 4.90. The quantitative estimate of drug-likeness (QED) is 0.749. The molecule has 2 fully saturated rings. The van der Waals surface area contributed by atoms with Crippen LogP contribution in [-0.2, 0) is 0 Å². The zero-order valence-corrected chi connectivity index (χ0v) is 9.25. The summed E-state index contributed by atoms with van der Waals surface area (Å²) in [4.78, 5) is 2.78. The molecule has 1 saturated carbocycles. The molecular formula is C12H24N2. The monoisotopic (exact) mass is 196 g/mol. The van der Waals surface area contributed by atoms with Gasteiger partial charge in [-0.1, -0.05) is 19.3 Å². The Hall–Kier alpha value is -0.0800. The van der Waals surface area contributed by atoms with Crippen molar-refractivity contribution in [3.8, 4) is 0 Å². The highest BCUT2D eigenvalue weighted by Gasteiger charge is 2.29. The van der Waals surface area contributed by atoms with Crippen LogP contribution in [0.3, 0.4) is 0 Å². The Labute approximate surface area is 87.8 Å². The molecule has 0 aromatic heterocycles. The molecule has 2 N–H and O–H groups in total. The van der Waals surface area contributed by atoms with Gasteiger partial charge < -0.3 is 5.73 Å². The predicted octanol–water partition coefficient (Wildman–Crippen LogP) is 2.13. The summed E-state index contributed by atoms with van der Waals surface area (Å²) in [7, 11) is 0. The fourth-order valence-corrected chi connectivity index (χ4v) is 3.24. The maximum absolute atomic E-state index is 5.69. The van der Waals surface area contributed by atoms with E-state index < -0.39 is 0 Å². The molecule has 2 rings (SSSR count). The van der Waals surface area contributed by atoms with Crippen LogP contribution in [0, 0.1) is 0 Å². The molecule has 1 atom stereocenters. The van der Waals surface area contributed by atoms with E-state index in [1.807, 2.05) is 0 Å². The minimum atomic E-state index is 0.817. The molecule has 1 aliphatic carbocycles. The summed E-state index contributed by atoms with van der Waals surface area (Å²) in [5, 5.41) is 0. The molecule has 2 nitrogen and oxygen atoms in total. The van der Waals surface area contributed by atoms with Gasteiger partial charge in [0.25, 0.3) is 0 Å². The topological polar surface area (TPSA) is 29.3 Å². The van der Waals surface area contributed by atoms with Crippen LogP contribution in [0.15, 0.2) is 0 Å². The number of likely N-dealkylation sites (tertiary alicyclic amines) is 1. The molecule has 14 heavy (non-hydrogen) atoms. The smallest absolute Gasteiger partial charge is 0.0110 e. The number of rotatable bonds is 3. The Morgan fingerprint density at radius 2 is 1.71 bits per heavy atom. The van der Waals surface area contributed by atoms with Crippen molar-refractivity contribution in [3.05, 3.63) is 0 Å². The lowest BCUT2D eigenvalue weighted by Crippen LogP contribution is -2.46. The number of nitrogens with zero attached hydrogens (tertiary/aromatic N) is 1. The summed E-state index contributed by atoms with van der Waals surface area (Å²) in [6.45, 7) is 2.21. The SMILES string of the molecule is NCC[C@H]1CCCCN1C1CCCC1. The van der Waals surface area contributed by atoms with Crippen molar-refractivity contribution in [2.75, 3.05) is 13.1 Å². The molecule has 82 valence electrons. The molecule has 1 heterocycles. The first-order chi connectivity index (χ1) is 6.92. The Balaban J connectivity index is 1.91. The van der Waals surface area contributed by atoms with E-state index in [0.717, 1.165) is 18.6 Å². The second-order valence-electron chi connectivity index (χ2n) is 4.90. The van der Waals surface area contributed by atoms with Gasteiger partial charge in [-0.15, -0.1) is 0 Å². The van der Waals surface area contributed by atoms with Gasteiger partial charge >= 0.3 is 0 Å². The predicted molar refractivity (Wildman–Crippen MR) is 60.3 cm³/mol. The fraction of sp³-hybridized carbons (Fsp3) is 1.00. The van der Waals surface area contributed by atoms with Gasteiger partial charge in [0.15, 0.2) is 0 Å². The third-order valence-electron chi connectivity index (χ3n) is 3.97. The van der Waals surface area contributed by atoms with Crippen molar-refractivity contribution in [2.45, 2.75) is 63.5 Å². The van der Waals surface area contributed by atoms with E-state index in [1.165, 1.54) is 57.9 Å². The van der Waals surface area contributed by atoms with E-state index in [0.29, 0.717) is 0 Å². The molecule has 1 saturated heterocycles. The summed E-state index contributed by atoms with van der Waals surface area (Å²) in [6.07, 6.45) is 11.3. The zero-order valence-electron chi connectivity index (χ0n) is 9.25. The maximum atomic E-state index is 5.69. The highest BCUT2D eigenvalue weighted by atomic mass is 15.2. The number of hydrogen-bond acceptors (Lipinski definition) is 2. The molecule has 0 unspecified atom stereocenters. The molecule has 0 amide bonds. The third kappa shape index (κ3) is 2.29. The van der Waals surface area contributed by atoms with Gasteiger partial charge in [0.05, 0.1) is 0 Å². The third-order valence-corrected chi connectivity index (χ3v) is 3.97.